The number of nitrogens with zero attached hydrogens (tertiary/aromatic N) is 2. The van der Waals surface area contributed by atoms with E-state index < -0.39 is 5.60 Å². The molecule has 0 aromatic carbocycles. The van der Waals surface area contributed by atoms with Crippen LogP contribution in [0, 0.1) is 0 Å². The van der Waals surface area contributed by atoms with E-state index in [2.05, 4.69) is 5.32 Å². The van der Waals surface area contributed by atoms with E-state index in [1.54, 1.807) is 25.8 Å². The Morgan fingerprint density at radius 3 is 2.69 bits per heavy atom. The highest BCUT2D eigenvalue weighted by molar-refractivity contribution is 5.96. The van der Waals surface area contributed by atoms with Gasteiger partial charge in [-0.2, -0.15) is 0 Å². The molecule has 2 N–H and O–H groups in total. The zero-order valence-electron chi connectivity index (χ0n) is 9.99. The van der Waals surface area contributed by atoms with Crippen LogP contribution in [0.2, 0.25) is 0 Å². The molecule has 1 rings (SSSR count). The average molecular weight is 229 g/mol. The molecular weight excluding hydrogens is 210 g/mol. The first-order valence-electron chi connectivity index (χ1n) is 5.29. The van der Waals surface area contributed by atoms with Crippen molar-refractivity contribution in [3.05, 3.63) is 0 Å². The number of aliphatic hydroxyl groups is 1. The van der Waals surface area contributed by atoms with Gasteiger partial charge in [0, 0.05) is 19.6 Å². The number of hydrogen-bond acceptors (Lipinski definition) is 4. The Morgan fingerprint density at radius 1 is 1.62 bits per heavy atom. The normalized spacial score (nSPS) is 16.8. The van der Waals surface area contributed by atoms with Gasteiger partial charge in [-0.05, 0) is 20.9 Å². The minimum absolute atomic E-state index is 0.136. The molecule has 0 atom stereocenters. The molecule has 6 nitrogen and oxygen atoms in total. The molecule has 16 heavy (non-hydrogen) atoms. The highest BCUT2D eigenvalue weighted by Gasteiger charge is 2.27. The number of carbonyl (C=O) groups excluding carboxylic acids is 2. The van der Waals surface area contributed by atoms with Gasteiger partial charge in [0.25, 0.3) is 0 Å². The van der Waals surface area contributed by atoms with Crippen molar-refractivity contribution in [1.82, 2.24) is 15.1 Å². The Balaban J connectivity index is 2.42. The molecule has 0 saturated carbocycles. The summed E-state index contributed by atoms with van der Waals surface area (Å²) in [6.45, 7) is 4.81. The van der Waals surface area contributed by atoms with Crippen LogP contribution in [0.25, 0.3) is 0 Å². The molecule has 0 unspecified atom stereocenters. The SMILES string of the molecule is CN(CC(=O)N1CCNC1=O)CC(C)(C)O. The molecular formula is C10H19N3O3. The van der Waals surface area contributed by atoms with Crippen LogP contribution in [0.3, 0.4) is 0 Å². The molecule has 6 heteroatoms. The second kappa shape index (κ2) is 4.80. The standard InChI is InChI=1S/C10H19N3O3/c1-10(2,16)7-12(3)6-8(14)13-5-4-11-9(13)15/h16H,4-7H2,1-3H3,(H,11,15). The van der Waals surface area contributed by atoms with Gasteiger partial charge in [0.05, 0.1) is 12.1 Å². The smallest absolute Gasteiger partial charge is 0.324 e. The fourth-order valence-corrected chi connectivity index (χ4v) is 1.74. The van der Waals surface area contributed by atoms with Crippen molar-refractivity contribution < 1.29 is 14.7 Å². The number of amides is 3. The van der Waals surface area contributed by atoms with Crippen molar-refractivity contribution in [2.45, 2.75) is 19.4 Å². The molecule has 92 valence electrons. The number of hydrogen-bond donors (Lipinski definition) is 2. The highest BCUT2D eigenvalue weighted by atomic mass is 16.3. The van der Waals surface area contributed by atoms with E-state index in [1.165, 1.54) is 4.90 Å². The molecule has 1 aliphatic heterocycles. The quantitative estimate of drug-likeness (QED) is 0.664. The van der Waals surface area contributed by atoms with Gasteiger partial charge < -0.3 is 10.4 Å². The summed E-state index contributed by atoms with van der Waals surface area (Å²) in [4.78, 5) is 25.8. The van der Waals surface area contributed by atoms with Gasteiger partial charge in [-0.15, -0.1) is 0 Å². The Bertz CT molecular complexity index is 286. The first-order valence-corrected chi connectivity index (χ1v) is 5.29. The summed E-state index contributed by atoms with van der Waals surface area (Å²) >= 11 is 0. The third-order valence-electron chi connectivity index (χ3n) is 2.22. The van der Waals surface area contributed by atoms with Gasteiger partial charge in [-0.1, -0.05) is 0 Å². The largest absolute Gasteiger partial charge is 0.389 e. The lowest BCUT2D eigenvalue weighted by Crippen LogP contribution is -2.44. The highest BCUT2D eigenvalue weighted by Crippen LogP contribution is 2.04. The predicted octanol–water partition coefficient (Wildman–Crippen LogP) is -0.759. The Labute approximate surface area is 95.2 Å². The topological polar surface area (TPSA) is 72.9 Å². The lowest BCUT2D eigenvalue weighted by atomic mass is 10.1. The fourth-order valence-electron chi connectivity index (χ4n) is 1.74. The van der Waals surface area contributed by atoms with E-state index in [9.17, 15) is 14.7 Å². The first kappa shape index (κ1) is 12.9. The second-order valence-electron chi connectivity index (χ2n) is 4.76. The molecule has 1 heterocycles. The molecule has 0 radical (unpaired) electrons. The fraction of sp³-hybridized carbons (Fsp3) is 0.800. The molecule has 1 saturated heterocycles. The van der Waals surface area contributed by atoms with Crippen LogP contribution in [0.4, 0.5) is 4.79 Å². The maximum atomic E-state index is 11.7. The Kier molecular flexibility index (Phi) is 3.88. The molecule has 0 aromatic heterocycles. The van der Waals surface area contributed by atoms with Crippen molar-refractivity contribution in [3.8, 4) is 0 Å². The molecule has 0 aliphatic carbocycles. The minimum Gasteiger partial charge on any atom is -0.389 e. The zero-order chi connectivity index (χ0) is 12.3. The monoisotopic (exact) mass is 229 g/mol. The van der Waals surface area contributed by atoms with Crippen LogP contribution in [0.5, 0.6) is 0 Å². The molecule has 3 amide bonds. The molecule has 0 spiro atoms. The number of nitrogens with one attached hydrogen (secondary N) is 1. The van der Waals surface area contributed by atoms with Gasteiger partial charge in [0.1, 0.15) is 0 Å². The van der Waals surface area contributed by atoms with Crippen LogP contribution in [0.15, 0.2) is 0 Å². The maximum absolute atomic E-state index is 11.7. The lowest BCUT2D eigenvalue weighted by molar-refractivity contribution is -0.128. The summed E-state index contributed by atoms with van der Waals surface area (Å²) in [6.07, 6.45) is 0. The van der Waals surface area contributed by atoms with Gasteiger partial charge in [-0.25, -0.2) is 4.79 Å². The van der Waals surface area contributed by atoms with Gasteiger partial charge in [0.2, 0.25) is 5.91 Å². The van der Waals surface area contributed by atoms with Crippen molar-refractivity contribution in [3.63, 3.8) is 0 Å². The summed E-state index contributed by atoms with van der Waals surface area (Å²) in [5, 5.41) is 12.1. The molecule has 1 fully saturated rings. The predicted molar refractivity (Wildman–Crippen MR) is 58.9 cm³/mol. The first-order chi connectivity index (χ1) is 7.29. The third kappa shape index (κ3) is 3.79. The van der Waals surface area contributed by atoms with Crippen LogP contribution in [-0.4, -0.2) is 65.7 Å². The van der Waals surface area contributed by atoms with Crippen LogP contribution >= 0.6 is 0 Å². The summed E-state index contributed by atoms with van der Waals surface area (Å²) in [5.41, 5.74) is -0.845. The van der Waals surface area contributed by atoms with Crippen molar-refractivity contribution in [1.29, 1.82) is 0 Å². The molecule has 1 aliphatic rings. The number of rotatable bonds is 4. The molecule has 0 aromatic rings. The van der Waals surface area contributed by atoms with E-state index in [-0.39, 0.29) is 18.5 Å². The summed E-state index contributed by atoms with van der Waals surface area (Å²) in [7, 11) is 1.74. The second-order valence-corrected chi connectivity index (χ2v) is 4.76. The third-order valence-corrected chi connectivity index (χ3v) is 2.22. The number of urea groups is 1. The molecule has 0 bridgehead atoms. The van der Waals surface area contributed by atoms with Gasteiger partial charge >= 0.3 is 6.03 Å². The van der Waals surface area contributed by atoms with Gasteiger partial charge in [-0.3, -0.25) is 14.6 Å². The van der Waals surface area contributed by atoms with Crippen LogP contribution < -0.4 is 5.32 Å². The summed E-state index contributed by atoms with van der Waals surface area (Å²) in [6, 6.07) is -0.332. The van der Waals surface area contributed by atoms with Crippen molar-refractivity contribution in [2.75, 3.05) is 33.2 Å². The minimum atomic E-state index is -0.845. The van der Waals surface area contributed by atoms with Crippen molar-refractivity contribution in [2.24, 2.45) is 0 Å². The van der Waals surface area contributed by atoms with E-state index in [0.29, 0.717) is 19.6 Å². The van der Waals surface area contributed by atoms with E-state index in [0.717, 1.165) is 0 Å². The number of carbonyl (C=O) groups is 2. The maximum Gasteiger partial charge on any atom is 0.324 e. The van der Waals surface area contributed by atoms with E-state index >= 15 is 0 Å². The summed E-state index contributed by atoms with van der Waals surface area (Å²) in [5.74, 6) is -0.234. The summed E-state index contributed by atoms with van der Waals surface area (Å²) < 4.78 is 0. The van der Waals surface area contributed by atoms with E-state index in [1.807, 2.05) is 0 Å². The Hall–Kier alpha value is -1.14. The van der Waals surface area contributed by atoms with Crippen LogP contribution in [0.1, 0.15) is 13.8 Å². The van der Waals surface area contributed by atoms with Crippen LogP contribution in [-0.2, 0) is 4.79 Å². The number of imide groups is 1. The zero-order valence-corrected chi connectivity index (χ0v) is 9.99. The van der Waals surface area contributed by atoms with E-state index in [4.69, 9.17) is 0 Å². The average Bonchev–Trinajstić information content (AvgIpc) is 2.47. The van der Waals surface area contributed by atoms with Gasteiger partial charge in [0.15, 0.2) is 0 Å². The Morgan fingerprint density at radius 2 is 2.25 bits per heavy atom. The van der Waals surface area contributed by atoms with Crippen molar-refractivity contribution >= 4 is 11.9 Å². The number of likely N-dealkylation sites (N-methyl/N-ethyl adjacent to an activating group) is 1. The lowest BCUT2D eigenvalue weighted by Gasteiger charge is -2.25.